The number of halogens is 1. The number of rotatable bonds is 11. The molecule has 1 unspecified atom stereocenters. The summed E-state index contributed by atoms with van der Waals surface area (Å²) in [4.78, 5) is 31.3. The first-order valence-corrected chi connectivity index (χ1v) is 13.0. The maximum Gasteiger partial charge on any atom is 0.322 e. The minimum Gasteiger partial charge on any atom is -0.497 e. The predicted octanol–water partition coefficient (Wildman–Crippen LogP) is 6.07. The second kappa shape index (κ2) is 13.1. The van der Waals surface area contributed by atoms with Crippen LogP contribution in [0.25, 0.3) is 0 Å². The Morgan fingerprint density at radius 2 is 1.78 bits per heavy atom. The zero-order chi connectivity index (χ0) is 26.9. The van der Waals surface area contributed by atoms with Gasteiger partial charge in [-0.25, -0.2) is 9.18 Å². The molecule has 0 saturated carbocycles. The maximum atomic E-state index is 13.6. The number of hydrogen-bond acceptors (Lipinski definition) is 5. The molecule has 3 aromatic rings. The van der Waals surface area contributed by atoms with Gasteiger partial charge in [0.25, 0.3) is 0 Å². The quantitative estimate of drug-likeness (QED) is 0.328. The molecule has 198 valence electrons. The van der Waals surface area contributed by atoms with Crippen molar-refractivity contribution in [1.82, 2.24) is 9.80 Å². The predicted molar refractivity (Wildman–Crippen MR) is 145 cm³/mol. The molecule has 37 heavy (non-hydrogen) atoms. The van der Waals surface area contributed by atoms with Crippen LogP contribution in [0, 0.1) is 12.7 Å². The van der Waals surface area contributed by atoms with E-state index in [1.54, 1.807) is 53.7 Å². The van der Waals surface area contributed by atoms with Gasteiger partial charge in [0.1, 0.15) is 23.9 Å². The third-order valence-corrected chi connectivity index (χ3v) is 7.29. The monoisotopic (exact) mass is 527 g/mol. The second-order valence-corrected chi connectivity index (χ2v) is 9.79. The average Bonchev–Trinajstić information content (AvgIpc) is 3.31. The molecule has 2 aromatic carbocycles. The number of ether oxygens (including phenoxy) is 2. The van der Waals surface area contributed by atoms with Gasteiger partial charge >= 0.3 is 6.03 Å². The number of amides is 3. The lowest BCUT2D eigenvalue weighted by molar-refractivity contribution is -0.133. The first kappa shape index (κ1) is 28.0. The fourth-order valence-corrected chi connectivity index (χ4v) is 4.69. The number of benzene rings is 2. The molecule has 0 radical (unpaired) electrons. The van der Waals surface area contributed by atoms with E-state index in [2.05, 4.69) is 5.32 Å². The van der Waals surface area contributed by atoms with Gasteiger partial charge in [-0.05, 0) is 67.1 Å². The van der Waals surface area contributed by atoms with Crippen molar-refractivity contribution in [2.45, 2.75) is 46.3 Å². The van der Waals surface area contributed by atoms with Crippen LogP contribution in [0.2, 0.25) is 0 Å². The van der Waals surface area contributed by atoms with Crippen molar-refractivity contribution in [3.63, 3.8) is 0 Å². The van der Waals surface area contributed by atoms with Gasteiger partial charge in [0.05, 0.1) is 26.5 Å². The Morgan fingerprint density at radius 1 is 1.05 bits per heavy atom. The van der Waals surface area contributed by atoms with E-state index in [-0.39, 0.29) is 24.3 Å². The molecule has 0 bridgehead atoms. The molecular weight excluding hydrogens is 493 g/mol. The van der Waals surface area contributed by atoms with Crippen LogP contribution >= 0.6 is 11.3 Å². The van der Waals surface area contributed by atoms with Crippen molar-refractivity contribution in [2.75, 3.05) is 26.1 Å². The first-order chi connectivity index (χ1) is 17.7. The van der Waals surface area contributed by atoms with Crippen LogP contribution < -0.4 is 14.8 Å². The van der Waals surface area contributed by atoms with E-state index >= 15 is 0 Å². The number of anilines is 1. The summed E-state index contributed by atoms with van der Waals surface area (Å²) in [6.07, 6.45) is 0.669. The molecule has 0 fully saturated rings. The number of carbonyl (C=O) groups is 2. The Labute approximate surface area is 221 Å². The largest absolute Gasteiger partial charge is 0.497 e. The first-order valence-electron chi connectivity index (χ1n) is 12.1. The third kappa shape index (κ3) is 7.45. The highest BCUT2D eigenvalue weighted by molar-refractivity contribution is 7.10. The Balaban J connectivity index is 1.82. The molecule has 1 atom stereocenters. The molecule has 0 spiro atoms. The molecule has 9 heteroatoms. The van der Waals surface area contributed by atoms with E-state index < -0.39 is 6.03 Å². The lowest BCUT2D eigenvalue weighted by Crippen LogP contribution is -2.47. The SMILES string of the molecule is CCC(C)N(CC(=O)N(Cc1ccc(F)cc1)Cc1sccc1C)C(=O)Nc1ccc(OC)cc1OC. The Morgan fingerprint density at radius 3 is 2.38 bits per heavy atom. The van der Waals surface area contributed by atoms with Crippen LogP contribution in [0.15, 0.2) is 53.9 Å². The summed E-state index contributed by atoms with van der Waals surface area (Å²) in [5.74, 6) is 0.525. The van der Waals surface area contributed by atoms with Crippen molar-refractivity contribution >= 4 is 29.0 Å². The molecule has 1 aromatic heterocycles. The topological polar surface area (TPSA) is 71.1 Å². The fraction of sp³-hybridized carbons (Fsp3) is 0.357. The minimum absolute atomic E-state index is 0.106. The van der Waals surface area contributed by atoms with Crippen molar-refractivity contribution in [1.29, 1.82) is 0 Å². The van der Waals surface area contributed by atoms with Crippen LogP contribution in [-0.2, 0) is 17.9 Å². The lowest BCUT2D eigenvalue weighted by Gasteiger charge is -2.31. The molecule has 1 N–H and O–H groups in total. The van der Waals surface area contributed by atoms with E-state index in [1.807, 2.05) is 32.2 Å². The van der Waals surface area contributed by atoms with Crippen molar-refractivity contribution in [2.24, 2.45) is 0 Å². The number of nitrogens with one attached hydrogen (secondary N) is 1. The van der Waals surface area contributed by atoms with Gasteiger partial charge in [-0.1, -0.05) is 19.1 Å². The summed E-state index contributed by atoms with van der Waals surface area (Å²) in [7, 11) is 3.07. The molecule has 0 aliphatic carbocycles. The van der Waals surface area contributed by atoms with Crippen LogP contribution in [0.5, 0.6) is 11.5 Å². The zero-order valence-electron chi connectivity index (χ0n) is 21.9. The highest BCUT2D eigenvalue weighted by Crippen LogP contribution is 2.29. The average molecular weight is 528 g/mol. The normalized spacial score (nSPS) is 11.5. The van der Waals surface area contributed by atoms with E-state index in [9.17, 15) is 14.0 Å². The number of thiophene rings is 1. The van der Waals surface area contributed by atoms with Gasteiger partial charge in [0.15, 0.2) is 0 Å². The Hall–Kier alpha value is -3.59. The molecule has 3 amide bonds. The highest BCUT2D eigenvalue weighted by atomic mass is 32.1. The third-order valence-electron chi connectivity index (χ3n) is 6.28. The molecular formula is C28H34FN3O4S. The number of hydrogen-bond donors (Lipinski definition) is 1. The molecule has 0 aliphatic rings. The minimum atomic E-state index is -0.403. The van der Waals surface area contributed by atoms with Crippen molar-refractivity contribution in [3.8, 4) is 11.5 Å². The van der Waals surface area contributed by atoms with Crippen LogP contribution in [-0.4, -0.2) is 48.5 Å². The zero-order valence-corrected chi connectivity index (χ0v) is 22.7. The fourth-order valence-electron chi connectivity index (χ4n) is 3.76. The molecule has 0 saturated heterocycles. The van der Waals surface area contributed by atoms with Gasteiger partial charge < -0.3 is 24.6 Å². The van der Waals surface area contributed by atoms with Crippen LogP contribution in [0.3, 0.4) is 0 Å². The van der Waals surface area contributed by atoms with Gasteiger partial charge in [0, 0.05) is 23.5 Å². The van der Waals surface area contributed by atoms with Crippen molar-refractivity contribution in [3.05, 3.63) is 75.7 Å². The summed E-state index contributed by atoms with van der Waals surface area (Å²) >= 11 is 1.58. The van der Waals surface area contributed by atoms with Gasteiger partial charge in [-0.2, -0.15) is 0 Å². The Kier molecular flexibility index (Phi) is 9.91. The number of methoxy groups -OCH3 is 2. The van der Waals surface area contributed by atoms with E-state index in [4.69, 9.17) is 9.47 Å². The summed E-state index contributed by atoms with van der Waals surface area (Å²) in [5, 5.41) is 4.87. The maximum absolute atomic E-state index is 13.6. The molecule has 7 nitrogen and oxygen atoms in total. The number of carbonyl (C=O) groups excluding carboxylic acids is 2. The van der Waals surface area contributed by atoms with E-state index in [0.29, 0.717) is 36.7 Å². The summed E-state index contributed by atoms with van der Waals surface area (Å²) < 4.78 is 24.1. The number of aryl methyl sites for hydroxylation is 1. The standard InChI is InChI=1S/C28H34FN3O4S/c1-6-20(3)32(28(34)30-24-12-11-23(35-4)15-25(24)36-5)18-27(33)31(17-26-19(2)13-14-37-26)16-21-7-9-22(29)10-8-21/h7-15,20H,6,16-18H2,1-5H3,(H,30,34). The Bertz CT molecular complexity index is 1200. The number of urea groups is 1. The van der Waals surface area contributed by atoms with Gasteiger partial charge in [-0.15, -0.1) is 11.3 Å². The van der Waals surface area contributed by atoms with Crippen molar-refractivity contribution < 1.29 is 23.5 Å². The van der Waals surface area contributed by atoms with Crippen LogP contribution in [0.1, 0.15) is 36.3 Å². The smallest absolute Gasteiger partial charge is 0.322 e. The van der Waals surface area contributed by atoms with Gasteiger partial charge in [0.2, 0.25) is 5.91 Å². The van der Waals surface area contributed by atoms with Crippen LogP contribution in [0.4, 0.5) is 14.9 Å². The highest BCUT2D eigenvalue weighted by Gasteiger charge is 2.26. The molecule has 0 aliphatic heterocycles. The van der Waals surface area contributed by atoms with Gasteiger partial charge in [-0.3, -0.25) is 4.79 Å². The summed E-state index contributed by atoms with van der Waals surface area (Å²) in [6, 6.07) is 12.6. The molecule has 3 rings (SSSR count). The number of nitrogens with zero attached hydrogens (tertiary/aromatic N) is 2. The summed E-state index contributed by atoms with van der Waals surface area (Å²) in [6.45, 7) is 6.49. The lowest BCUT2D eigenvalue weighted by atomic mass is 10.2. The van der Waals surface area contributed by atoms with E-state index in [0.717, 1.165) is 16.0 Å². The van der Waals surface area contributed by atoms with E-state index in [1.165, 1.54) is 24.1 Å². The second-order valence-electron chi connectivity index (χ2n) is 8.78. The summed E-state index contributed by atoms with van der Waals surface area (Å²) in [5.41, 5.74) is 2.39. The molecule has 1 heterocycles.